The monoisotopic (exact) mass is 524 g/mol. The number of alkyl halides is 3. The number of carboxylic acid groups (broad SMARTS) is 1. The van der Waals surface area contributed by atoms with Gasteiger partial charge in [-0.3, -0.25) is 4.98 Å². The van der Waals surface area contributed by atoms with Crippen LogP contribution in [0.2, 0.25) is 5.02 Å². The molecule has 1 fully saturated rings. The van der Waals surface area contributed by atoms with E-state index in [0.29, 0.717) is 5.02 Å². The molecule has 4 rings (SSSR count). The number of hydrogen-bond acceptors (Lipinski definition) is 5. The molecule has 3 aromatic rings. The summed E-state index contributed by atoms with van der Waals surface area (Å²) in [5.74, 6) is -2.00. The van der Waals surface area contributed by atoms with Crippen molar-refractivity contribution in [1.29, 1.82) is 0 Å². The van der Waals surface area contributed by atoms with Crippen LogP contribution in [0, 0.1) is 0 Å². The molecule has 2 amide bonds. The summed E-state index contributed by atoms with van der Waals surface area (Å²) in [4.78, 5) is 28.0. The highest BCUT2D eigenvalue weighted by atomic mass is 35.5. The molecule has 0 spiro atoms. The Morgan fingerprint density at radius 1 is 1.11 bits per heavy atom. The second-order valence-electron chi connectivity index (χ2n) is 7.88. The summed E-state index contributed by atoms with van der Waals surface area (Å²) in [6.07, 6.45) is -1.50. The molecule has 0 radical (unpaired) electrons. The fraction of sp³-hybridized carbons (Fsp3) is 0.292. The van der Waals surface area contributed by atoms with Crippen molar-refractivity contribution >= 4 is 45.9 Å². The number of urea groups is 1. The first-order chi connectivity index (χ1) is 17.1. The smallest absolute Gasteiger partial charge is 0.490 e. The van der Waals surface area contributed by atoms with Crippen molar-refractivity contribution < 1.29 is 32.6 Å². The molecule has 192 valence electrons. The zero-order chi connectivity index (χ0) is 26.3. The summed E-state index contributed by atoms with van der Waals surface area (Å²) in [5.41, 5.74) is 2.80. The number of carbonyl (C=O) groups excluding carboxylic acids is 1. The molecule has 36 heavy (non-hydrogen) atoms. The third-order valence-corrected chi connectivity index (χ3v) is 5.68. The van der Waals surface area contributed by atoms with Gasteiger partial charge in [0.05, 0.1) is 12.6 Å². The number of pyridine rings is 1. The number of piperidine rings is 1. The number of anilines is 2. The summed E-state index contributed by atoms with van der Waals surface area (Å²) in [6, 6.07) is 15.1. The number of nitrogens with one attached hydrogen (secondary N) is 2. The maximum absolute atomic E-state index is 12.3. The first-order valence-corrected chi connectivity index (χ1v) is 11.3. The van der Waals surface area contributed by atoms with Crippen LogP contribution >= 0.6 is 11.6 Å². The Bertz CT molecular complexity index is 1200. The van der Waals surface area contributed by atoms with Crippen molar-refractivity contribution in [2.75, 3.05) is 30.4 Å². The number of methoxy groups -OCH3 is 1. The first kappa shape index (κ1) is 26.9. The SMILES string of the molecule is COc1ccc(NC(=O)NC2CCN(c3ccnc4cc(Cl)ccc34)CC2)cc1.O=C(O)C(F)(F)F. The zero-order valence-corrected chi connectivity index (χ0v) is 19.9. The van der Waals surface area contributed by atoms with Crippen molar-refractivity contribution in [1.82, 2.24) is 10.3 Å². The molecule has 1 aromatic heterocycles. The number of aliphatic carboxylic acids is 1. The minimum absolute atomic E-state index is 0.145. The maximum Gasteiger partial charge on any atom is 0.490 e. The van der Waals surface area contributed by atoms with Crippen molar-refractivity contribution in [2.24, 2.45) is 0 Å². The van der Waals surface area contributed by atoms with E-state index < -0.39 is 12.1 Å². The summed E-state index contributed by atoms with van der Waals surface area (Å²) in [6.45, 7) is 1.74. The molecule has 8 nitrogen and oxygen atoms in total. The van der Waals surface area contributed by atoms with Gasteiger partial charge in [-0.2, -0.15) is 13.2 Å². The van der Waals surface area contributed by atoms with Gasteiger partial charge in [-0.15, -0.1) is 0 Å². The lowest BCUT2D eigenvalue weighted by molar-refractivity contribution is -0.192. The molecule has 0 aliphatic carbocycles. The van der Waals surface area contributed by atoms with Gasteiger partial charge in [0, 0.05) is 47.1 Å². The van der Waals surface area contributed by atoms with Crippen molar-refractivity contribution in [2.45, 2.75) is 25.1 Å². The topological polar surface area (TPSA) is 104 Å². The Morgan fingerprint density at radius 2 is 1.75 bits per heavy atom. The molecule has 3 N–H and O–H groups in total. The molecule has 2 aromatic carbocycles. The highest BCUT2D eigenvalue weighted by Gasteiger charge is 2.38. The lowest BCUT2D eigenvalue weighted by Gasteiger charge is -2.34. The van der Waals surface area contributed by atoms with Gasteiger partial charge in [0.25, 0.3) is 0 Å². The average Bonchev–Trinajstić information content (AvgIpc) is 2.84. The lowest BCUT2D eigenvalue weighted by Crippen LogP contribution is -2.46. The summed E-state index contributed by atoms with van der Waals surface area (Å²) in [5, 5.41) is 14.9. The van der Waals surface area contributed by atoms with Crippen LogP contribution in [-0.2, 0) is 4.79 Å². The Balaban J connectivity index is 0.000000454. The van der Waals surface area contributed by atoms with E-state index in [-0.39, 0.29) is 12.1 Å². The second kappa shape index (κ2) is 11.8. The third-order valence-electron chi connectivity index (χ3n) is 5.44. The van der Waals surface area contributed by atoms with Gasteiger partial charge in [-0.1, -0.05) is 11.6 Å². The molecular formula is C24H24ClF3N4O4. The van der Waals surface area contributed by atoms with Crippen LogP contribution in [-0.4, -0.2) is 54.5 Å². The Labute approximate surface area is 210 Å². The van der Waals surface area contributed by atoms with E-state index >= 15 is 0 Å². The molecule has 0 unspecified atom stereocenters. The van der Waals surface area contributed by atoms with Gasteiger partial charge < -0.3 is 25.4 Å². The first-order valence-electron chi connectivity index (χ1n) is 10.9. The molecule has 0 atom stereocenters. The largest absolute Gasteiger partial charge is 0.497 e. The van der Waals surface area contributed by atoms with Crippen LogP contribution < -0.4 is 20.3 Å². The van der Waals surface area contributed by atoms with Gasteiger partial charge in [-0.25, -0.2) is 9.59 Å². The summed E-state index contributed by atoms with van der Waals surface area (Å²) in [7, 11) is 1.62. The normalized spacial score (nSPS) is 14.0. The fourth-order valence-electron chi connectivity index (χ4n) is 3.67. The lowest BCUT2D eigenvalue weighted by atomic mass is 10.0. The summed E-state index contributed by atoms with van der Waals surface area (Å²) >= 11 is 6.09. The van der Waals surface area contributed by atoms with Crippen molar-refractivity contribution in [3.05, 3.63) is 59.8 Å². The molecule has 0 saturated carbocycles. The van der Waals surface area contributed by atoms with E-state index in [0.717, 1.165) is 54.0 Å². The van der Waals surface area contributed by atoms with Gasteiger partial charge in [0.1, 0.15) is 5.75 Å². The highest BCUT2D eigenvalue weighted by molar-refractivity contribution is 6.31. The van der Waals surface area contributed by atoms with Crippen LogP contribution in [0.25, 0.3) is 10.9 Å². The van der Waals surface area contributed by atoms with Crippen LogP contribution in [0.15, 0.2) is 54.7 Å². The second-order valence-corrected chi connectivity index (χ2v) is 8.32. The molecule has 2 heterocycles. The Hall–Kier alpha value is -3.73. The number of halogens is 4. The fourth-order valence-corrected chi connectivity index (χ4v) is 3.84. The molecule has 1 aliphatic rings. The van der Waals surface area contributed by atoms with Crippen LogP contribution in [0.1, 0.15) is 12.8 Å². The van der Waals surface area contributed by atoms with E-state index in [1.807, 2.05) is 54.7 Å². The number of fused-ring (bicyclic) bond motifs is 1. The number of ether oxygens (including phenoxy) is 1. The number of nitrogens with zero attached hydrogens (tertiary/aromatic N) is 2. The van der Waals surface area contributed by atoms with Crippen molar-refractivity contribution in [3.63, 3.8) is 0 Å². The Morgan fingerprint density at radius 3 is 2.33 bits per heavy atom. The number of benzene rings is 2. The van der Waals surface area contributed by atoms with Crippen LogP contribution in [0.4, 0.5) is 29.3 Å². The van der Waals surface area contributed by atoms with Crippen LogP contribution in [0.3, 0.4) is 0 Å². The summed E-state index contributed by atoms with van der Waals surface area (Å²) < 4.78 is 36.9. The third kappa shape index (κ3) is 7.38. The number of amides is 2. The minimum Gasteiger partial charge on any atom is -0.497 e. The standard InChI is InChI=1S/C22H23ClN4O2.C2HF3O2/c1-29-18-5-3-16(4-6-18)25-22(28)26-17-9-12-27(13-10-17)21-8-11-24-20-14-15(23)2-7-19(20)21;3-2(4,5)1(6)7/h2-8,11,14,17H,9-10,12-13H2,1H3,(H2,25,26,28);(H,6,7). The minimum atomic E-state index is -5.08. The zero-order valence-electron chi connectivity index (χ0n) is 19.2. The molecular weight excluding hydrogens is 501 g/mol. The molecule has 12 heteroatoms. The van der Waals surface area contributed by atoms with Crippen molar-refractivity contribution in [3.8, 4) is 5.75 Å². The van der Waals surface area contributed by atoms with Gasteiger partial charge in [0.15, 0.2) is 0 Å². The molecule has 1 saturated heterocycles. The number of hydrogen-bond donors (Lipinski definition) is 3. The predicted molar refractivity (Wildman–Crippen MR) is 131 cm³/mol. The number of carboxylic acids is 1. The number of carbonyl (C=O) groups is 2. The van der Waals surface area contributed by atoms with Crippen LogP contribution in [0.5, 0.6) is 5.75 Å². The van der Waals surface area contributed by atoms with E-state index in [4.69, 9.17) is 26.2 Å². The van der Waals surface area contributed by atoms with E-state index in [9.17, 15) is 18.0 Å². The quantitative estimate of drug-likeness (QED) is 0.427. The van der Waals surface area contributed by atoms with Gasteiger partial charge in [0.2, 0.25) is 0 Å². The average molecular weight is 525 g/mol. The maximum atomic E-state index is 12.3. The highest BCUT2D eigenvalue weighted by Crippen LogP contribution is 2.29. The molecule has 1 aliphatic heterocycles. The number of aromatic nitrogens is 1. The van der Waals surface area contributed by atoms with E-state index in [2.05, 4.69) is 20.5 Å². The van der Waals surface area contributed by atoms with Gasteiger partial charge >= 0.3 is 18.2 Å². The van der Waals surface area contributed by atoms with E-state index in [1.54, 1.807) is 7.11 Å². The Kier molecular flexibility index (Phi) is 8.81. The predicted octanol–water partition coefficient (Wildman–Crippen LogP) is 5.32. The van der Waals surface area contributed by atoms with Gasteiger partial charge in [-0.05, 0) is 61.4 Å². The number of rotatable bonds is 4. The molecule has 0 bridgehead atoms. The van der Waals surface area contributed by atoms with E-state index in [1.165, 1.54) is 0 Å².